The van der Waals surface area contributed by atoms with Gasteiger partial charge in [0.25, 0.3) is 0 Å². The third-order valence-corrected chi connectivity index (χ3v) is 6.27. The number of benzene rings is 3. The van der Waals surface area contributed by atoms with Crippen LogP contribution in [-0.2, 0) is 4.74 Å². The molecular weight excluding hydrogens is 437 g/mol. The lowest BCUT2D eigenvalue weighted by Gasteiger charge is -2.27. The van der Waals surface area contributed by atoms with Gasteiger partial charge in [0.15, 0.2) is 11.6 Å². The summed E-state index contributed by atoms with van der Waals surface area (Å²) in [5, 5.41) is 0. The van der Waals surface area contributed by atoms with E-state index in [-0.39, 0.29) is 29.2 Å². The maximum Gasteiger partial charge on any atom is 0.201 e. The molecule has 0 bridgehead atoms. The SMILES string of the molecule is CCC/C=C\Oc1ccc(-c2ccc(-c3ccc(C4CCC(C)OC4)cc3F)cc2)c(F)c1F. The van der Waals surface area contributed by atoms with Crippen LogP contribution in [0.15, 0.2) is 66.9 Å². The van der Waals surface area contributed by atoms with Gasteiger partial charge in [-0.3, -0.25) is 0 Å². The molecule has 1 fully saturated rings. The minimum atomic E-state index is -1.04. The Morgan fingerprint density at radius 2 is 1.62 bits per heavy atom. The molecule has 1 heterocycles. The Hall–Kier alpha value is -3.05. The number of allylic oxidation sites excluding steroid dienone is 1. The molecule has 2 unspecified atom stereocenters. The van der Waals surface area contributed by atoms with Crippen LogP contribution in [0.4, 0.5) is 13.2 Å². The van der Waals surface area contributed by atoms with Crippen LogP contribution >= 0.6 is 0 Å². The highest BCUT2D eigenvalue weighted by atomic mass is 19.2. The second-order valence-corrected chi connectivity index (χ2v) is 8.75. The molecule has 5 heteroatoms. The van der Waals surface area contributed by atoms with E-state index >= 15 is 0 Å². The van der Waals surface area contributed by atoms with Gasteiger partial charge in [0, 0.05) is 17.0 Å². The van der Waals surface area contributed by atoms with E-state index in [0.29, 0.717) is 23.3 Å². The number of ether oxygens (including phenoxy) is 2. The molecule has 2 nitrogen and oxygen atoms in total. The standard InChI is InChI=1S/C29H29F3O2/c1-3-4-5-16-33-27-15-14-25(28(31)29(27)32)21-10-8-20(9-11-21)24-13-12-22(17-26(24)30)23-7-6-19(2)34-18-23/h5,8-17,19,23H,3-4,6-7,18H2,1-2H3/b16-5-. The van der Waals surface area contributed by atoms with Gasteiger partial charge in [0.1, 0.15) is 5.82 Å². The molecule has 1 aliphatic rings. The molecule has 0 aliphatic carbocycles. The van der Waals surface area contributed by atoms with Crippen molar-refractivity contribution in [3.05, 3.63) is 90.0 Å². The van der Waals surface area contributed by atoms with E-state index in [0.717, 1.165) is 31.2 Å². The van der Waals surface area contributed by atoms with E-state index in [9.17, 15) is 13.2 Å². The predicted molar refractivity (Wildman–Crippen MR) is 129 cm³/mol. The highest BCUT2D eigenvalue weighted by Gasteiger charge is 2.21. The van der Waals surface area contributed by atoms with Crippen LogP contribution in [0, 0.1) is 17.5 Å². The van der Waals surface area contributed by atoms with Crippen LogP contribution in [0.1, 0.15) is 51.0 Å². The summed E-state index contributed by atoms with van der Waals surface area (Å²) in [6, 6.07) is 15.0. The van der Waals surface area contributed by atoms with Gasteiger partial charge in [-0.2, -0.15) is 4.39 Å². The Labute approximate surface area is 199 Å². The third kappa shape index (κ3) is 5.36. The Morgan fingerprint density at radius 1 is 0.912 bits per heavy atom. The van der Waals surface area contributed by atoms with Crippen molar-refractivity contribution < 1.29 is 22.6 Å². The van der Waals surface area contributed by atoms with E-state index in [1.165, 1.54) is 18.4 Å². The largest absolute Gasteiger partial charge is 0.462 e. The van der Waals surface area contributed by atoms with Crippen molar-refractivity contribution in [2.24, 2.45) is 0 Å². The zero-order valence-corrected chi connectivity index (χ0v) is 19.5. The van der Waals surface area contributed by atoms with Gasteiger partial charge in [-0.1, -0.05) is 49.7 Å². The summed E-state index contributed by atoms with van der Waals surface area (Å²) in [6.07, 6.45) is 7.07. The Kier molecular flexibility index (Phi) is 7.73. The molecule has 2 atom stereocenters. The quantitative estimate of drug-likeness (QED) is 0.325. The summed E-state index contributed by atoms with van der Waals surface area (Å²) in [5.41, 5.74) is 2.70. The topological polar surface area (TPSA) is 18.5 Å². The average molecular weight is 467 g/mol. The summed E-state index contributed by atoms with van der Waals surface area (Å²) >= 11 is 0. The van der Waals surface area contributed by atoms with E-state index in [4.69, 9.17) is 9.47 Å². The first kappa shape index (κ1) is 24.1. The number of halogens is 3. The van der Waals surface area contributed by atoms with Gasteiger partial charge in [-0.15, -0.1) is 0 Å². The van der Waals surface area contributed by atoms with E-state index in [1.54, 1.807) is 42.5 Å². The second-order valence-electron chi connectivity index (χ2n) is 8.75. The van der Waals surface area contributed by atoms with Crippen LogP contribution in [0.3, 0.4) is 0 Å². The first-order valence-electron chi connectivity index (χ1n) is 11.8. The van der Waals surface area contributed by atoms with Crippen molar-refractivity contribution in [2.75, 3.05) is 6.61 Å². The van der Waals surface area contributed by atoms with E-state index in [2.05, 4.69) is 6.92 Å². The number of unbranched alkanes of at least 4 members (excludes halogenated alkanes) is 1. The first-order valence-corrected chi connectivity index (χ1v) is 11.8. The molecule has 1 aliphatic heterocycles. The molecule has 0 saturated carbocycles. The molecular formula is C29H29F3O2. The van der Waals surface area contributed by atoms with Crippen molar-refractivity contribution in [1.82, 2.24) is 0 Å². The maximum atomic E-state index is 14.9. The zero-order chi connectivity index (χ0) is 24.1. The van der Waals surface area contributed by atoms with Crippen LogP contribution in [0.2, 0.25) is 0 Å². The molecule has 3 aromatic rings. The van der Waals surface area contributed by atoms with Crippen molar-refractivity contribution >= 4 is 0 Å². The molecule has 0 amide bonds. The summed E-state index contributed by atoms with van der Waals surface area (Å²) in [4.78, 5) is 0. The molecule has 34 heavy (non-hydrogen) atoms. The lowest BCUT2D eigenvalue weighted by atomic mass is 9.90. The first-order chi connectivity index (χ1) is 16.5. The van der Waals surface area contributed by atoms with E-state index in [1.807, 2.05) is 13.0 Å². The fourth-order valence-corrected chi connectivity index (χ4v) is 4.20. The van der Waals surface area contributed by atoms with Crippen molar-refractivity contribution in [3.63, 3.8) is 0 Å². The van der Waals surface area contributed by atoms with Gasteiger partial charge in [0.05, 0.1) is 19.0 Å². The second kappa shape index (κ2) is 10.9. The fraction of sp³-hybridized carbons (Fsp3) is 0.310. The van der Waals surface area contributed by atoms with Crippen molar-refractivity contribution in [1.29, 1.82) is 0 Å². The Bertz CT molecular complexity index is 1150. The molecule has 3 aromatic carbocycles. The summed E-state index contributed by atoms with van der Waals surface area (Å²) < 4.78 is 55.0. The summed E-state index contributed by atoms with van der Waals surface area (Å²) in [7, 11) is 0. The summed E-state index contributed by atoms with van der Waals surface area (Å²) in [6.45, 7) is 4.68. The monoisotopic (exact) mass is 466 g/mol. The number of hydrogen-bond acceptors (Lipinski definition) is 2. The normalized spacial score (nSPS) is 18.4. The fourth-order valence-electron chi connectivity index (χ4n) is 4.20. The zero-order valence-electron chi connectivity index (χ0n) is 19.5. The van der Waals surface area contributed by atoms with Crippen LogP contribution in [-0.4, -0.2) is 12.7 Å². The van der Waals surface area contributed by atoms with Crippen molar-refractivity contribution in [2.45, 2.75) is 51.6 Å². The molecule has 0 N–H and O–H groups in total. The minimum absolute atomic E-state index is 0.122. The Morgan fingerprint density at radius 3 is 2.26 bits per heavy atom. The van der Waals surface area contributed by atoms with Gasteiger partial charge >= 0.3 is 0 Å². The summed E-state index contributed by atoms with van der Waals surface area (Å²) in [5.74, 6) is -2.28. The Balaban J connectivity index is 1.51. The van der Waals surface area contributed by atoms with Crippen LogP contribution in [0.5, 0.6) is 5.75 Å². The smallest absolute Gasteiger partial charge is 0.201 e. The van der Waals surface area contributed by atoms with Crippen molar-refractivity contribution in [3.8, 4) is 28.0 Å². The maximum absolute atomic E-state index is 14.9. The highest BCUT2D eigenvalue weighted by Crippen LogP contribution is 2.34. The molecule has 0 radical (unpaired) electrons. The predicted octanol–water partition coefficient (Wildman–Crippen LogP) is 8.41. The van der Waals surface area contributed by atoms with Gasteiger partial charge in [0.2, 0.25) is 5.82 Å². The average Bonchev–Trinajstić information content (AvgIpc) is 2.85. The molecule has 4 rings (SSSR count). The van der Waals surface area contributed by atoms with Gasteiger partial charge in [-0.25, -0.2) is 8.78 Å². The van der Waals surface area contributed by atoms with E-state index < -0.39 is 11.6 Å². The lowest BCUT2D eigenvalue weighted by Crippen LogP contribution is -2.22. The molecule has 0 spiro atoms. The van der Waals surface area contributed by atoms with Crippen LogP contribution in [0.25, 0.3) is 22.3 Å². The highest BCUT2D eigenvalue weighted by molar-refractivity contribution is 5.71. The number of hydrogen-bond donors (Lipinski definition) is 0. The molecule has 178 valence electrons. The lowest BCUT2D eigenvalue weighted by molar-refractivity contribution is 0.0154. The van der Waals surface area contributed by atoms with Gasteiger partial charge < -0.3 is 9.47 Å². The van der Waals surface area contributed by atoms with Crippen LogP contribution < -0.4 is 4.74 Å². The molecule has 0 aromatic heterocycles. The number of rotatable bonds is 7. The minimum Gasteiger partial charge on any atom is -0.462 e. The molecule has 1 saturated heterocycles. The third-order valence-electron chi connectivity index (χ3n) is 6.27. The van der Waals surface area contributed by atoms with Gasteiger partial charge in [-0.05, 0) is 67.2 Å².